The fraction of sp³-hybridized carbons (Fsp3) is 0.118. The van der Waals surface area contributed by atoms with Crippen LogP contribution >= 0.6 is 22.6 Å². The average Bonchev–Trinajstić information content (AvgIpc) is 2.57. The molecule has 0 aliphatic carbocycles. The molecule has 5 heteroatoms. The summed E-state index contributed by atoms with van der Waals surface area (Å²) in [5.74, 6) is 2.01. The summed E-state index contributed by atoms with van der Waals surface area (Å²) in [4.78, 5) is 12.2. The van der Waals surface area contributed by atoms with Crippen LogP contribution in [0.4, 0.5) is 0 Å². The van der Waals surface area contributed by atoms with Gasteiger partial charge in [0.1, 0.15) is 11.5 Å². The Labute approximate surface area is 140 Å². The lowest BCUT2D eigenvalue weighted by atomic mass is 10.1. The average molecular weight is 408 g/mol. The van der Waals surface area contributed by atoms with Crippen LogP contribution in [0.2, 0.25) is 0 Å². The van der Waals surface area contributed by atoms with E-state index in [-0.39, 0.29) is 5.63 Å². The van der Waals surface area contributed by atoms with E-state index in [2.05, 4.69) is 22.6 Å². The fourth-order valence-corrected chi connectivity index (χ4v) is 3.12. The molecular formula is C17H13IO4. The molecule has 0 aliphatic rings. The van der Waals surface area contributed by atoms with E-state index in [0.29, 0.717) is 16.9 Å². The second-order valence-electron chi connectivity index (χ2n) is 4.67. The monoisotopic (exact) mass is 408 g/mol. The van der Waals surface area contributed by atoms with Crippen molar-refractivity contribution < 1.29 is 13.9 Å². The van der Waals surface area contributed by atoms with E-state index in [9.17, 15) is 4.79 Å². The molecule has 2 aromatic carbocycles. The molecule has 3 aromatic rings. The molecule has 0 N–H and O–H groups in total. The maximum atomic E-state index is 12.2. The van der Waals surface area contributed by atoms with Crippen molar-refractivity contribution in [2.75, 3.05) is 14.2 Å². The Kier molecular flexibility index (Phi) is 4.06. The van der Waals surface area contributed by atoms with Gasteiger partial charge in [0.2, 0.25) is 0 Å². The van der Waals surface area contributed by atoms with Gasteiger partial charge in [0.15, 0.2) is 5.76 Å². The van der Waals surface area contributed by atoms with Crippen molar-refractivity contribution in [2.45, 2.75) is 0 Å². The Balaban J connectivity index is 2.25. The molecule has 3 rings (SSSR count). The number of benzene rings is 2. The highest BCUT2D eigenvalue weighted by Crippen LogP contribution is 2.32. The highest BCUT2D eigenvalue weighted by Gasteiger charge is 2.14. The summed E-state index contributed by atoms with van der Waals surface area (Å²) in [6, 6.07) is 12.7. The van der Waals surface area contributed by atoms with Crippen LogP contribution in [0.5, 0.6) is 11.5 Å². The third-order valence-corrected chi connectivity index (χ3v) is 4.50. The first-order valence-electron chi connectivity index (χ1n) is 6.59. The molecule has 0 aliphatic heterocycles. The van der Waals surface area contributed by atoms with Gasteiger partial charge in [0.05, 0.1) is 23.2 Å². The highest BCUT2D eigenvalue weighted by atomic mass is 127. The van der Waals surface area contributed by atoms with Crippen LogP contribution in [0, 0.1) is 3.57 Å². The van der Waals surface area contributed by atoms with Crippen LogP contribution in [-0.2, 0) is 0 Å². The topological polar surface area (TPSA) is 48.7 Å². The summed E-state index contributed by atoms with van der Waals surface area (Å²) in [6.07, 6.45) is 0. The van der Waals surface area contributed by atoms with Gasteiger partial charge < -0.3 is 13.9 Å². The van der Waals surface area contributed by atoms with E-state index in [1.54, 1.807) is 26.4 Å². The standard InChI is InChI=1S/C17H13IO4/c1-20-11-5-3-10(4-6-11)16-15(18)14-9-12(21-2)7-8-13(14)17(19)22-16/h3-9H,1-2H3. The number of halogens is 1. The van der Waals surface area contributed by atoms with Gasteiger partial charge in [-0.3, -0.25) is 0 Å². The van der Waals surface area contributed by atoms with Crippen LogP contribution in [0.3, 0.4) is 0 Å². The lowest BCUT2D eigenvalue weighted by Crippen LogP contribution is -2.03. The van der Waals surface area contributed by atoms with Gasteiger partial charge in [0, 0.05) is 10.9 Å². The van der Waals surface area contributed by atoms with Crippen molar-refractivity contribution in [2.24, 2.45) is 0 Å². The van der Waals surface area contributed by atoms with Crippen LogP contribution < -0.4 is 15.1 Å². The Morgan fingerprint density at radius 2 is 1.55 bits per heavy atom. The largest absolute Gasteiger partial charge is 0.497 e. The molecule has 0 spiro atoms. The molecule has 0 atom stereocenters. The fourth-order valence-electron chi connectivity index (χ4n) is 2.25. The quantitative estimate of drug-likeness (QED) is 0.613. The van der Waals surface area contributed by atoms with Crippen LogP contribution in [-0.4, -0.2) is 14.2 Å². The minimum atomic E-state index is -0.358. The molecule has 1 aromatic heterocycles. The minimum Gasteiger partial charge on any atom is -0.497 e. The van der Waals surface area contributed by atoms with Crippen molar-refractivity contribution in [3.05, 3.63) is 56.5 Å². The van der Waals surface area contributed by atoms with Gasteiger partial charge >= 0.3 is 5.63 Å². The van der Waals surface area contributed by atoms with Gasteiger partial charge in [-0.2, -0.15) is 0 Å². The lowest BCUT2D eigenvalue weighted by molar-refractivity contribution is 0.415. The first kappa shape index (κ1) is 14.9. The molecule has 0 bridgehead atoms. The van der Waals surface area contributed by atoms with Crippen LogP contribution in [0.1, 0.15) is 0 Å². The van der Waals surface area contributed by atoms with Crippen molar-refractivity contribution >= 4 is 33.4 Å². The first-order chi connectivity index (χ1) is 10.6. The summed E-state index contributed by atoms with van der Waals surface area (Å²) < 4.78 is 16.8. The maximum Gasteiger partial charge on any atom is 0.344 e. The second-order valence-corrected chi connectivity index (χ2v) is 5.75. The summed E-state index contributed by atoms with van der Waals surface area (Å²) >= 11 is 2.19. The molecule has 1 heterocycles. The van der Waals surface area contributed by atoms with E-state index in [4.69, 9.17) is 13.9 Å². The Morgan fingerprint density at radius 3 is 2.18 bits per heavy atom. The zero-order valence-electron chi connectivity index (χ0n) is 12.1. The van der Waals surface area contributed by atoms with E-state index in [1.807, 2.05) is 30.3 Å². The highest BCUT2D eigenvalue weighted by molar-refractivity contribution is 14.1. The predicted molar refractivity (Wildman–Crippen MR) is 93.7 cm³/mol. The molecule has 112 valence electrons. The number of hydrogen-bond acceptors (Lipinski definition) is 4. The Hall–Kier alpha value is -2.02. The molecular weight excluding hydrogens is 395 g/mol. The first-order valence-corrected chi connectivity index (χ1v) is 7.66. The molecule has 0 fully saturated rings. The Bertz CT molecular complexity index is 882. The predicted octanol–water partition coefficient (Wildman–Crippen LogP) is 4.08. The summed E-state index contributed by atoms with van der Waals surface area (Å²) in [6.45, 7) is 0. The van der Waals surface area contributed by atoms with Crippen molar-refractivity contribution in [3.63, 3.8) is 0 Å². The second kappa shape index (κ2) is 6.00. The van der Waals surface area contributed by atoms with Crippen molar-refractivity contribution in [3.8, 4) is 22.8 Å². The van der Waals surface area contributed by atoms with Crippen LogP contribution in [0.15, 0.2) is 51.7 Å². The normalized spacial score (nSPS) is 10.7. The van der Waals surface area contributed by atoms with Gasteiger partial charge in [-0.1, -0.05) is 0 Å². The number of hydrogen-bond donors (Lipinski definition) is 0. The molecule has 22 heavy (non-hydrogen) atoms. The number of methoxy groups -OCH3 is 2. The summed E-state index contributed by atoms with van der Waals surface area (Å²) in [7, 11) is 3.21. The smallest absolute Gasteiger partial charge is 0.344 e. The van der Waals surface area contributed by atoms with Gasteiger partial charge in [-0.15, -0.1) is 0 Å². The third-order valence-electron chi connectivity index (χ3n) is 3.43. The van der Waals surface area contributed by atoms with Gasteiger partial charge in [-0.25, -0.2) is 4.79 Å². The number of fused-ring (bicyclic) bond motifs is 1. The molecule has 4 nitrogen and oxygen atoms in total. The lowest BCUT2D eigenvalue weighted by Gasteiger charge is -2.08. The summed E-state index contributed by atoms with van der Waals surface area (Å²) in [5, 5.41) is 1.37. The number of rotatable bonds is 3. The third kappa shape index (κ3) is 2.56. The molecule has 0 amide bonds. The SMILES string of the molecule is COc1ccc(-c2oc(=O)c3ccc(OC)cc3c2I)cc1. The van der Waals surface area contributed by atoms with E-state index in [0.717, 1.165) is 20.3 Å². The van der Waals surface area contributed by atoms with Crippen LogP contribution in [0.25, 0.3) is 22.1 Å². The maximum absolute atomic E-state index is 12.2. The summed E-state index contributed by atoms with van der Waals surface area (Å²) in [5.41, 5.74) is 0.468. The molecule has 0 radical (unpaired) electrons. The van der Waals surface area contributed by atoms with Gasteiger partial charge in [0.25, 0.3) is 0 Å². The van der Waals surface area contributed by atoms with E-state index >= 15 is 0 Å². The zero-order chi connectivity index (χ0) is 15.7. The molecule has 0 saturated carbocycles. The zero-order valence-corrected chi connectivity index (χ0v) is 14.2. The van der Waals surface area contributed by atoms with Crippen molar-refractivity contribution in [1.29, 1.82) is 0 Å². The molecule has 0 saturated heterocycles. The minimum absolute atomic E-state index is 0.358. The van der Waals surface area contributed by atoms with E-state index in [1.165, 1.54) is 0 Å². The van der Waals surface area contributed by atoms with Gasteiger partial charge in [-0.05, 0) is 65.1 Å². The number of ether oxygens (including phenoxy) is 2. The van der Waals surface area contributed by atoms with Crippen molar-refractivity contribution in [1.82, 2.24) is 0 Å². The van der Waals surface area contributed by atoms with E-state index < -0.39 is 0 Å². The Morgan fingerprint density at radius 1 is 0.909 bits per heavy atom. The molecule has 0 unspecified atom stereocenters.